The minimum atomic E-state index is -0.566. The molecule has 0 aromatic carbocycles. The molecule has 0 aromatic heterocycles. The monoisotopic (exact) mass is 298 g/mol. The first-order valence-electron chi connectivity index (χ1n) is 8.63. The Kier molecular flexibility index (Phi) is 5.69. The van der Waals surface area contributed by atoms with Crippen LogP contribution in [0.4, 0.5) is 0 Å². The van der Waals surface area contributed by atoms with E-state index in [0.29, 0.717) is 18.5 Å². The molecule has 2 fully saturated rings. The van der Waals surface area contributed by atoms with E-state index in [4.69, 9.17) is 0 Å². The lowest BCUT2D eigenvalue weighted by Crippen LogP contribution is -2.48. The van der Waals surface area contributed by atoms with Gasteiger partial charge in [0.25, 0.3) is 0 Å². The molecule has 124 valence electrons. The molecule has 4 nitrogen and oxygen atoms in total. The summed E-state index contributed by atoms with van der Waals surface area (Å²) in [4.78, 5) is 2.27. The van der Waals surface area contributed by atoms with E-state index in [2.05, 4.69) is 31.0 Å². The molecule has 3 N–H and O–H groups in total. The van der Waals surface area contributed by atoms with Crippen molar-refractivity contribution in [1.29, 1.82) is 0 Å². The predicted octanol–water partition coefficient (Wildman–Crippen LogP) is 1.75. The number of rotatable bonds is 4. The number of likely N-dealkylation sites (tertiary alicyclic amines) is 1. The van der Waals surface area contributed by atoms with Crippen LogP contribution in [0.15, 0.2) is 0 Å². The highest BCUT2D eigenvalue weighted by molar-refractivity contribution is 4.93. The quantitative estimate of drug-likeness (QED) is 0.692. The Hall–Kier alpha value is -0.160. The highest BCUT2D eigenvalue weighted by Crippen LogP contribution is 2.36. The van der Waals surface area contributed by atoms with Crippen LogP contribution in [0, 0.1) is 5.41 Å². The van der Waals surface area contributed by atoms with Gasteiger partial charge in [-0.1, -0.05) is 25.7 Å². The second-order valence-electron chi connectivity index (χ2n) is 8.35. The highest BCUT2D eigenvalue weighted by Gasteiger charge is 2.38. The fraction of sp³-hybridized carbons (Fsp3) is 1.00. The summed E-state index contributed by atoms with van der Waals surface area (Å²) >= 11 is 0. The molecule has 1 aliphatic carbocycles. The van der Waals surface area contributed by atoms with Crippen molar-refractivity contribution in [3.05, 3.63) is 0 Å². The van der Waals surface area contributed by atoms with Gasteiger partial charge in [0.1, 0.15) is 0 Å². The normalized spacial score (nSPS) is 31.3. The number of hydrogen-bond acceptors (Lipinski definition) is 4. The van der Waals surface area contributed by atoms with Crippen LogP contribution < -0.4 is 5.32 Å². The summed E-state index contributed by atoms with van der Waals surface area (Å²) in [7, 11) is 0. The third-order valence-corrected chi connectivity index (χ3v) is 5.05. The molecule has 2 rings (SSSR count). The fourth-order valence-electron chi connectivity index (χ4n) is 3.77. The average molecular weight is 298 g/mol. The standard InChI is InChI=1S/C17H34N2O2/c1-16(2,3)18-12-17(8-6-4-5-7-9-17)13-19-10-14(20)15(21)11-19/h14-15,18,20-21H,4-13H2,1-3H3. The Morgan fingerprint density at radius 1 is 1.00 bits per heavy atom. The van der Waals surface area contributed by atoms with E-state index in [0.717, 1.165) is 13.1 Å². The van der Waals surface area contributed by atoms with E-state index in [1.165, 1.54) is 38.5 Å². The molecule has 0 amide bonds. The van der Waals surface area contributed by atoms with E-state index in [1.54, 1.807) is 0 Å². The van der Waals surface area contributed by atoms with Crippen LogP contribution in [-0.2, 0) is 0 Å². The van der Waals surface area contributed by atoms with Crippen LogP contribution in [-0.4, -0.2) is 59.0 Å². The molecule has 2 atom stereocenters. The largest absolute Gasteiger partial charge is 0.389 e. The number of aliphatic hydroxyl groups excluding tert-OH is 2. The highest BCUT2D eigenvalue weighted by atomic mass is 16.3. The molecule has 0 radical (unpaired) electrons. The van der Waals surface area contributed by atoms with Crippen molar-refractivity contribution in [2.24, 2.45) is 5.41 Å². The molecule has 21 heavy (non-hydrogen) atoms. The van der Waals surface area contributed by atoms with E-state index in [9.17, 15) is 10.2 Å². The zero-order chi connectivity index (χ0) is 15.5. The van der Waals surface area contributed by atoms with Crippen molar-refractivity contribution < 1.29 is 10.2 Å². The van der Waals surface area contributed by atoms with E-state index in [-0.39, 0.29) is 5.54 Å². The molecule has 1 heterocycles. The van der Waals surface area contributed by atoms with Crippen molar-refractivity contribution >= 4 is 0 Å². The van der Waals surface area contributed by atoms with Crippen molar-refractivity contribution in [2.45, 2.75) is 77.0 Å². The second kappa shape index (κ2) is 6.95. The van der Waals surface area contributed by atoms with Crippen LogP contribution in [0.1, 0.15) is 59.3 Å². The van der Waals surface area contributed by atoms with Crippen LogP contribution in [0.5, 0.6) is 0 Å². The Labute approximate surface area is 129 Å². The molecular weight excluding hydrogens is 264 g/mol. The fourth-order valence-corrected chi connectivity index (χ4v) is 3.77. The molecule has 2 unspecified atom stereocenters. The molecule has 1 saturated heterocycles. The zero-order valence-corrected chi connectivity index (χ0v) is 14.1. The maximum atomic E-state index is 9.79. The van der Waals surface area contributed by atoms with Crippen LogP contribution in [0.25, 0.3) is 0 Å². The van der Waals surface area contributed by atoms with Gasteiger partial charge >= 0.3 is 0 Å². The van der Waals surface area contributed by atoms with Crippen molar-refractivity contribution in [3.8, 4) is 0 Å². The predicted molar refractivity (Wildman–Crippen MR) is 86.3 cm³/mol. The van der Waals surface area contributed by atoms with E-state index in [1.807, 2.05) is 0 Å². The average Bonchev–Trinajstić information content (AvgIpc) is 2.60. The Balaban J connectivity index is 2.00. The van der Waals surface area contributed by atoms with Crippen LogP contribution in [0.3, 0.4) is 0 Å². The van der Waals surface area contributed by atoms with Crippen molar-refractivity contribution in [1.82, 2.24) is 10.2 Å². The van der Waals surface area contributed by atoms with Gasteiger partial charge < -0.3 is 15.5 Å². The summed E-state index contributed by atoms with van der Waals surface area (Å²) in [6.45, 7) is 9.96. The van der Waals surface area contributed by atoms with Crippen molar-refractivity contribution in [2.75, 3.05) is 26.2 Å². The van der Waals surface area contributed by atoms with Gasteiger partial charge in [-0.3, -0.25) is 4.90 Å². The van der Waals surface area contributed by atoms with Gasteiger partial charge in [0.05, 0.1) is 12.2 Å². The summed E-state index contributed by atoms with van der Waals surface area (Å²) in [6, 6.07) is 0. The molecular formula is C17H34N2O2. The van der Waals surface area contributed by atoms with Crippen LogP contribution in [0.2, 0.25) is 0 Å². The van der Waals surface area contributed by atoms with E-state index < -0.39 is 12.2 Å². The Bertz CT molecular complexity index is 309. The van der Waals surface area contributed by atoms with Gasteiger partial charge in [-0.05, 0) is 39.0 Å². The molecule has 1 aliphatic heterocycles. The van der Waals surface area contributed by atoms with Gasteiger partial charge in [0, 0.05) is 31.7 Å². The Morgan fingerprint density at radius 3 is 2.00 bits per heavy atom. The summed E-state index contributed by atoms with van der Waals surface area (Å²) in [5.41, 5.74) is 0.441. The number of aliphatic hydroxyl groups is 2. The molecule has 4 heteroatoms. The zero-order valence-electron chi connectivity index (χ0n) is 14.1. The molecule has 0 spiro atoms. The first-order valence-corrected chi connectivity index (χ1v) is 8.63. The van der Waals surface area contributed by atoms with Gasteiger partial charge in [0.15, 0.2) is 0 Å². The summed E-state index contributed by atoms with van der Waals surface area (Å²) in [5.74, 6) is 0. The van der Waals surface area contributed by atoms with Gasteiger partial charge in [-0.2, -0.15) is 0 Å². The third kappa shape index (κ3) is 5.20. The molecule has 2 aliphatic rings. The molecule has 1 saturated carbocycles. The first kappa shape index (κ1) is 17.2. The number of nitrogens with one attached hydrogen (secondary N) is 1. The maximum Gasteiger partial charge on any atom is 0.0938 e. The second-order valence-corrected chi connectivity index (χ2v) is 8.35. The molecule has 0 aromatic rings. The van der Waals surface area contributed by atoms with Crippen molar-refractivity contribution in [3.63, 3.8) is 0 Å². The Morgan fingerprint density at radius 2 is 1.52 bits per heavy atom. The smallest absolute Gasteiger partial charge is 0.0938 e. The number of hydrogen-bond donors (Lipinski definition) is 3. The maximum absolute atomic E-state index is 9.79. The number of nitrogens with zero attached hydrogens (tertiary/aromatic N) is 1. The van der Waals surface area contributed by atoms with E-state index >= 15 is 0 Å². The van der Waals surface area contributed by atoms with Gasteiger partial charge in [-0.25, -0.2) is 0 Å². The van der Waals surface area contributed by atoms with Gasteiger partial charge in [0.2, 0.25) is 0 Å². The SMILES string of the molecule is CC(C)(C)NCC1(CN2CC(O)C(O)C2)CCCCCC1. The summed E-state index contributed by atoms with van der Waals surface area (Å²) < 4.78 is 0. The lowest BCUT2D eigenvalue weighted by atomic mass is 9.79. The van der Waals surface area contributed by atoms with Crippen LogP contribution >= 0.6 is 0 Å². The lowest BCUT2D eigenvalue weighted by molar-refractivity contribution is 0.0572. The molecule has 0 bridgehead atoms. The first-order chi connectivity index (χ1) is 9.80. The third-order valence-electron chi connectivity index (χ3n) is 5.05. The van der Waals surface area contributed by atoms with Gasteiger partial charge in [-0.15, -0.1) is 0 Å². The lowest BCUT2D eigenvalue weighted by Gasteiger charge is -2.39. The minimum Gasteiger partial charge on any atom is -0.389 e. The summed E-state index contributed by atoms with van der Waals surface area (Å²) in [6.07, 6.45) is 6.71. The number of β-amino-alcohol motifs (C(OH)–C–C–N with tert-alkyl or cyclic N) is 2. The topological polar surface area (TPSA) is 55.7 Å². The minimum absolute atomic E-state index is 0.142. The summed E-state index contributed by atoms with van der Waals surface area (Å²) in [5, 5.41) is 23.3.